The SMILES string of the molecule is COCCOCC(=O)N1CC[C@H](Nc2ccccc2)C1. The molecule has 0 unspecified atom stereocenters. The number of hydrogen-bond donors (Lipinski definition) is 1. The van der Waals surface area contributed by atoms with Gasteiger partial charge < -0.3 is 19.7 Å². The molecule has 0 saturated carbocycles. The molecule has 20 heavy (non-hydrogen) atoms. The van der Waals surface area contributed by atoms with Crippen LogP contribution in [0.4, 0.5) is 5.69 Å². The van der Waals surface area contributed by atoms with E-state index in [1.165, 1.54) is 0 Å². The van der Waals surface area contributed by atoms with Gasteiger partial charge >= 0.3 is 0 Å². The van der Waals surface area contributed by atoms with Gasteiger partial charge in [-0.05, 0) is 18.6 Å². The van der Waals surface area contributed by atoms with Crippen LogP contribution in [-0.2, 0) is 14.3 Å². The van der Waals surface area contributed by atoms with E-state index in [1.807, 2.05) is 35.2 Å². The fourth-order valence-electron chi connectivity index (χ4n) is 2.27. The van der Waals surface area contributed by atoms with Crippen molar-refractivity contribution in [1.82, 2.24) is 4.90 Å². The van der Waals surface area contributed by atoms with Crippen LogP contribution in [0.25, 0.3) is 0 Å². The summed E-state index contributed by atoms with van der Waals surface area (Å²) in [6, 6.07) is 10.4. The number of amides is 1. The highest BCUT2D eigenvalue weighted by atomic mass is 16.5. The van der Waals surface area contributed by atoms with Crippen molar-refractivity contribution in [1.29, 1.82) is 0 Å². The second-order valence-corrected chi connectivity index (χ2v) is 4.88. The molecule has 5 heteroatoms. The third-order valence-corrected chi connectivity index (χ3v) is 3.34. The van der Waals surface area contributed by atoms with Crippen molar-refractivity contribution in [2.24, 2.45) is 0 Å². The van der Waals surface area contributed by atoms with E-state index >= 15 is 0 Å². The van der Waals surface area contributed by atoms with E-state index in [-0.39, 0.29) is 12.5 Å². The molecule has 1 amide bonds. The van der Waals surface area contributed by atoms with Gasteiger partial charge in [-0.1, -0.05) is 18.2 Å². The van der Waals surface area contributed by atoms with Gasteiger partial charge in [-0.15, -0.1) is 0 Å². The Bertz CT molecular complexity index is 411. The molecular formula is C15H22N2O3. The topological polar surface area (TPSA) is 50.8 Å². The zero-order valence-electron chi connectivity index (χ0n) is 11.9. The van der Waals surface area contributed by atoms with Gasteiger partial charge in [-0.25, -0.2) is 0 Å². The van der Waals surface area contributed by atoms with E-state index in [1.54, 1.807) is 7.11 Å². The molecule has 1 atom stereocenters. The molecule has 0 radical (unpaired) electrons. The second kappa shape index (κ2) is 7.87. The van der Waals surface area contributed by atoms with Crippen molar-refractivity contribution in [3.63, 3.8) is 0 Å². The maximum absolute atomic E-state index is 11.9. The van der Waals surface area contributed by atoms with Crippen LogP contribution in [0.15, 0.2) is 30.3 Å². The molecule has 0 spiro atoms. The molecule has 1 aromatic carbocycles. The number of likely N-dealkylation sites (tertiary alicyclic amines) is 1. The lowest BCUT2D eigenvalue weighted by Gasteiger charge is -2.17. The van der Waals surface area contributed by atoms with Crippen LogP contribution in [-0.4, -0.2) is 56.9 Å². The Morgan fingerprint density at radius 3 is 2.90 bits per heavy atom. The Morgan fingerprint density at radius 2 is 2.15 bits per heavy atom. The first-order valence-electron chi connectivity index (χ1n) is 6.95. The van der Waals surface area contributed by atoms with Gasteiger partial charge in [0.15, 0.2) is 0 Å². The van der Waals surface area contributed by atoms with Gasteiger partial charge in [0, 0.05) is 31.9 Å². The number of nitrogens with zero attached hydrogens (tertiary/aromatic N) is 1. The highest BCUT2D eigenvalue weighted by Gasteiger charge is 2.25. The number of carbonyl (C=O) groups is 1. The molecular weight excluding hydrogens is 256 g/mol. The normalized spacial score (nSPS) is 18.2. The quantitative estimate of drug-likeness (QED) is 0.765. The van der Waals surface area contributed by atoms with Crippen molar-refractivity contribution in [2.75, 3.05) is 45.3 Å². The Hall–Kier alpha value is -1.59. The van der Waals surface area contributed by atoms with Gasteiger partial charge in [0.25, 0.3) is 0 Å². The van der Waals surface area contributed by atoms with Crippen LogP contribution in [0, 0.1) is 0 Å². The minimum atomic E-state index is 0.0541. The monoisotopic (exact) mass is 278 g/mol. The molecule has 5 nitrogen and oxygen atoms in total. The number of carbonyl (C=O) groups excluding carboxylic acids is 1. The molecule has 1 N–H and O–H groups in total. The second-order valence-electron chi connectivity index (χ2n) is 4.88. The van der Waals surface area contributed by atoms with Gasteiger partial charge in [-0.2, -0.15) is 0 Å². The van der Waals surface area contributed by atoms with E-state index in [0.717, 1.165) is 25.2 Å². The summed E-state index contributed by atoms with van der Waals surface area (Å²) >= 11 is 0. The molecule has 1 aromatic rings. The molecule has 2 rings (SSSR count). The fourth-order valence-corrected chi connectivity index (χ4v) is 2.27. The van der Waals surface area contributed by atoms with E-state index in [0.29, 0.717) is 19.3 Å². The lowest BCUT2D eigenvalue weighted by atomic mass is 10.2. The number of nitrogens with one attached hydrogen (secondary N) is 1. The number of hydrogen-bond acceptors (Lipinski definition) is 4. The van der Waals surface area contributed by atoms with E-state index < -0.39 is 0 Å². The number of ether oxygens (including phenoxy) is 2. The summed E-state index contributed by atoms with van der Waals surface area (Å²) in [5.74, 6) is 0.0541. The largest absolute Gasteiger partial charge is 0.382 e. The average Bonchev–Trinajstić information content (AvgIpc) is 2.93. The van der Waals surface area contributed by atoms with Crippen molar-refractivity contribution in [3.8, 4) is 0 Å². The Labute approximate surface area is 119 Å². The van der Waals surface area contributed by atoms with E-state index in [4.69, 9.17) is 9.47 Å². The van der Waals surface area contributed by atoms with Crippen LogP contribution >= 0.6 is 0 Å². The molecule has 1 saturated heterocycles. The molecule has 0 aromatic heterocycles. The fraction of sp³-hybridized carbons (Fsp3) is 0.533. The van der Waals surface area contributed by atoms with E-state index in [2.05, 4.69) is 5.32 Å². The smallest absolute Gasteiger partial charge is 0.248 e. The van der Waals surface area contributed by atoms with Crippen molar-refractivity contribution >= 4 is 11.6 Å². The van der Waals surface area contributed by atoms with Crippen LogP contribution in [0.5, 0.6) is 0 Å². The highest BCUT2D eigenvalue weighted by Crippen LogP contribution is 2.15. The number of benzene rings is 1. The lowest BCUT2D eigenvalue weighted by Crippen LogP contribution is -2.34. The number of para-hydroxylation sites is 1. The first-order valence-corrected chi connectivity index (χ1v) is 6.95. The summed E-state index contributed by atoms with van der Waals surface area (Å²) in [5.41, 5.74) is 1.10. The van der Waals surface area contributed by atoms with Crippen molar-refractivity contribution < 1.29 is 14.3 Å². The van der Waals surface area contributed by atoms with Gasteiger partial charge in [0.1, 0.15) is 6.61 Å². The predicted molar refractivity (Wildman–Crippen MR) is 77.7 cm³/mol. The molecule has 0 bridgehead atoms. The molecule has 1 fully saturated rings. The molecule has 1 heterocycles. The van der Waals surface area contributed by atoms with Crippen LogP contribution < -0.4 is 5.32 Å². The maximum Gasteiger partial charge on any atom is 0.248 e. The summed E-state index contributed by atoms with van der Waals surface area (Å²) in [6.45, 7) is 2.65. The average molecular weight is 278 g/mol. The predicted octanol–water partition coefficient (Wildman–Crippen LogP) is 1.36. The zero-order valence-corrected chi connectivity index (χ0v) is 11.9. The summed E-state index contributed by atoms with van der Waals surface area (Å²) in [6.07, 6.45) is 0.971. The summed E-state index contributed by atoms with van der Waals surface area (Å²) in [4.78, 5) is 13.8. The number of rotatable bonds is 7. The standard InChI is InChI=1S/C15H22N2O3/c1-19-9-10-20-12-15(18)17-8-7-14(11-17)16-13-5-3-2-4-6-13/h2-6,14,16H,7-12H2,1H3/t14-/m0/s1. The van der Waals surface area contributed by atoms with Crippen LogP contribution in [0.1, 0.15) is 6.42 Å². The Kier molecular flexibility index (Phi) is 5.83. The first-order chi connectivity index (χ1) is 9.79. The Balaban J connectivity index is 1.70. The maximum atomic E-state index is 11.9. The Morgan fingerprint density at radius 1 is 1.35 bits per heavy atom. The minimum Gasteiger partial charge on any atom is -0.382 e. The van der Waals surface area contributed by atoms with Crippen molar-refractivity contribution in [2.45, 2.75) is 12.5 Å². The number of methoxy groups -OCH3 is 1. The van der Waals surface area contributed by atoms with Gasteiger partial charge in [0.2, 0.25) is 5.91 Å². The van der Waals surface area contributed by atoms with Crippen LogP contribution in [0.3, 0.4) is 0 Å². The van der Waals surface area contributed by atoms with Gasteiger partial charge in [-0.3, -0.25) is 4.79 Å². The van der Waals surface area contributed by atoms with Gasteiger partial charge in [0.05, 0.1) is 13.2 Å². The summed E-state index contributed by atoms with van der Waals surface area (Å²) < 4.78 is 10.1. The van der Waals surface area contributed by atoms with E-state index in [9.17, 15) is 4.79 Å². The number of anilines is 1. The van der Waals surface area contributed by atoms with Crippen LogP contribution in [0.2, 0.25) is 0 Å². The highest BCUT2D eigenvalue weighted by molar-refractivity contribution is 5.77. The molecule has 1 aliphatic rings. The first kappa shape index (κ1) is 14.8. The third-order valence-electron chi connectivity index (χ3n) is 3.34. The summed E-state index contributed by atoms with van der Waals surface area (Å²) in [7, 11) is 1.62. The molecule has 1 aliphatic heterocycles. The zero-order chi connectivity index (χ0) is 14.2. The summed E-state index contributed by atoms with van der Waals surface area (Å²) in [5, 5.41) is 3.45. The third kappa shape index (κ3) is 4.51. The molecule has 110 valence electrons. The van der Waals surface area contributed by atoms with Crippen molar-refractivity contribution in [3.05, 3.63) is 30.3 Å². The lowest BCUT2D eigenvalue weighted by molar-refractivity contribution is -0.135. The minimum absolute atomic E-state index is 0.0541. The molecule has 0 aliphatic carbocycles.